The first-order chi connectivity index (χ1) is 8.70. The summed E-state index contributed by atoms with van der Waals surface area (Å²) in [5.41, 5.74) is 0.469. The van der Waals surface area contributed by atoms with Crippen LogP contribution in [0, 0.1) is 5.82 Å². The highest BCUT2D eigenvalue weighted by Crippen LogP contribution is 2.26. The average molecular weight is 265 g/mol. The zero-order valence-corrected chi connectivity index (χ0v) is 10.6. The van der Waals surface area contributed by atoms with E-state index >= 15 is 0 Å². The zero-order valence-electron chi connectivity index (χ0n) is 9.77. The smallest absolute Gasteiger partial charge is 0.265 e. The maximum atomic E-state index is 13.1. The fraction of sp³-hybridized carbons (Fsp3) is 0.154. The number of thiophene rings is 1. The van der Waals surface area contributed by atoms with E-state index in [1.807, 2.05) is 5.38 Å². The van der Waals surface area contributed by atoms with Gasteiger partial charge in [0.25, 0.3) is 5.91 Å². The lowest BCUT2D eigenvalue weighted by atomic mass is 10.2. The lowest BCUT2D eigenvalue weighted by Gasteiger charge is -2.10. The van der Waals surface area contributed by atoms with Gasteiger partial charge >= 0.3 is 0 Å². The van der Waals surface area contributed by atoms with Crippen LogP contribution in [-0.4, -0.2) is 12.5 Å². The number of carbonyl (C=O) groups excluding carboxylic acids is 1. The fourth-order valence-electron chi connectivity index (χ4n) is 1.47. The summed E-state index contributed by atoms with van der Waals surface area (Å²) in [4.78, 5) is 12.5. The van der Waals surface area contributed by atoms with Crippen LogP contribution in [0.3, 0.4) is 0 Å². The lowest BCUT2D eigenvalue weighted by Crippen LogP contribution is -2.11. The molecule has 2 rings (SSSR count). The summed E-state index contributed by atoms with van der Waals surface area (Å²) in [6.45, 7) is 2.21. The molecule has 0 atom stereocenters. The van der Waals surface area contributed by atoms with Gasteiger partial charge in [0.05, 0.1) is 17.2 Å². The van der Waals surface area contributed by atoms with Crippen LogP contribution < -0.4 is 10.1 Å². The van der Waals surface area contributed by atoms with Crippen LogP contribution in [0.15, 0.2) is 35.7 Å². The minimum atomic E-state index is -0.396. The molecular formula is C13H12FNO2S. The number of hydrogen-bond donors (Lipinski definition) is 1. The molecule has 1 heterocycles. The molecule has 0 aliphatic rings. The van der Waals surface area contributed by atoms with Crippen molar-refractivity contribution in [1.29, 1.82) is 0 Å². The Morgan fingerprint density at radius 2 is 2.28 bits per heavy atom. The Hall–Kier alpha value is -1.88. The van der Waals surface area contributed by atoms with Crippen LogP contribution in [-0.2, 0) is 0 Å². The summed E-state index contributed by atoms with van der Waals surface area (Å²) in [6.07, 6.45) is 0. The standard InChI is InChI=1S/C13H12FNO2S/c1-2-17-11-8-9(14)5-6-10(11)15-13(16)12-4-3-7-18-12/h3-8H,2H2,1H3,(H,15,16). The van der Waals surface area contributed by atoms with Gasteiger partial charge < -0.3 is 10.1 Å². The van der Waals surface area contributed by atoms with Crippen molar-refractivity contribution < 1.29 is 13.9 Å². The van der Waals surface area contributed by atoms with Gasteiger partial charge in [-0.2, -0.15) is 0 Å². The van der Waals surface area contributed by atoms with Gasteiger partial charge in [-0.3, -0.25) is 4.79 Å². The number of nitrogens with one attached hydrogen (secondary N) is 1. The van der Waals surface area contributed by atoms with Crippen molar-refractivity contribution >= 4 is 22.9 Å². The van der Waals surface area contributed by atoms with Gasteiger partial charge in [-0.15, -0.1) is 11.3 Å². The van der Waals surface area contributed by atoms with E-state index in [-0.39, 0.29) is 5.91 Å². The van der Waals surface area contributed by atoms with Gasteiger partial charge in [0.2, 0.25) is 0 Å². The molecule has 0 saturated carbocycles. The molecule has 1 N–H and O–H groups in total. The Morgan fingerprint density at radius 3 is 2.94 bits per heavy atom. The molecule has 0 fully saturated rings. The quantitative estimate of drug-likeness (QED) is 0.918. The van der Waals surface area contributed by atoms with Crippen molar-refractivity contribution in [2.45, 2.75) is 6.92 Å². The summed E-state index contributed by atoms with van der Waals surface area (Å²) < 4.78 is 18.4. The fourth-order valence-corrected chi connectivity index (χ4v) is 2.08. The Kier molecular flexibility index (Phi) is 3.94. The Morgan fingerprint density at radius 1 is 1.44 bits per heavy atom. The van der Waals surface area contributed by atoms with Gasteiger partial charge in [0.15, 0.2) is 0 Å². The Bertz CT molecular complexity index is 540. The molecule has 1 amide bonds. The molecular weight excluding hydrogens is 253 g/mol. The summed E-state index contributed by atoms with van der Waals surface area (Å²) in [7, 11) is 0. The molecule has 2 aromatic rings. The maximum absolute atomic E-state index is 13.1. The molecule has 0 saturated heterocycles. The molecule has 3 nitrogen and oxygen atoms in total. The molecule has 1 aromatic carbocycles. The highest BCUT2D eigenvalue weighted by Gasteiger charge is 2.11. The van der Waals surface area contributed by atoms with Crippen molar-refractivity contribution in [3.8, 4) is 5.75 Å². The van der Waals surface area contributed by atoms with Gasteiger partial charge in [-0.1, -0.05) is 6.07 Å². The third-order valence-corrected chi connectivity index (χ3v) is 3.11. The van der Waals surface area contributed by atoms with Gasteiger partial charge in [0, 0.05) is 6.07 Å². The molecule has 0 unspecified atom stereocenters. The SMILES string of the molecule is CCOc1cc(F)ccc1NC(=O)c1cccs1. The second-order valence-electron chi connectivity index (χ2n) is 3.50. The van der Waals surface area contributed by atoms with Crippen molar-refractivity contribution in [3.05, 3.63) is 46.4 Å². The number of ether oxygens (including phenoxy) is 1. The summed E-state index contributed by atoms with van der Waals surface area (Å²) >= 11 is 1.35. The lowest BCUT2D eigenvalue weighted by molar-refractivity contribution is 0.103. The van der Waals surface area contributed by atoms with Crippen LogP contribution in [0.4, 0.5) is 10.1 Å². The molecule has 0 bridgehead atoms. The van der Waals surface area contributed by atoms with Crippen molar-refractivity contribution in [1.82, 2.24) is 0 Å². The number of benzene rings is 1. The first kappa shape index (κ1) is 12.6. The van der Waals surface area contributed by atoms with E-state index in [0.717, 1.165) is 0 Å². The summed E-state index contributed by atoms with van der Waals surface area (Å²) in [5, 5.41) is 4.53. The molecule has 94 valence electrons. The second-order valence-corrected chi connectivity index (χ2v) is 4.45. The predicted octanol–water partition coefficient (Wildman–Crippen LogP) is 3.54. The van der Waals surface area contributed by atoms with Crippen molar-refractivity contribution in [2.75, 3.05) is 11.9 Å². The molecule has 18 heavy (non-hydrogen) atoms. The van der Waals surface area contributed by atoms with Crippen LogP contribution in [0.1, 0.15) is 16.6 Å². The van der Waals surface area contributed by atoms with Crippen LogP contribution in [0.25, 0.3) is 0 Å². The summed E-state index contributed by atoms with van der Waals surface area (Å²) in [5.74, 6) is -0.285. The van der Waals surface area contributed by atoms with Crippen LogP contribution in [0.5, 0.6) is 5.75 Å². The largest absolute Gasteiger partial charge is 0.492 e. The van der Waals surface area contributed by atoms with E-state index < -0.39 is 5.82 Å². The first-order valence-corrected chi connectivity index (χ1v) is 6.36. The number of carbonyl (C=O) groups is 1. The second kappa shape index (κ2) is 5.64. The van der Waals surface area contributed by atoms with E-state index in [9.17, 15) is 9.18 Å². The third-order valence-electron chi connectivity index (χ3n) is 2.24. The van der Waals surface area contributed by atoms with Gasteiger partial charge in [-0.05, 0) is 30.5 Å². The van der Waals surface area contributed by atoms with Gasteiger partial charge in [-0.25, -0.2) is 4.39 Å². The number of halogens is 1. The van der Waals surface area contributed by atoms with Crippen LogP contribution in [0.2, 0.25) is 0 Å². The normalized spacial score (nSPS) is 10.1. The van der Waals surface area contributed by atoms with E-state index in [1.165, 1.54) is 29.5 Å². The molecule has 0 aliphatic heterocycles. The maximum Gasteiger partial charge on any atom is 0.265 e. The van der Waals surface area contributed by atoms with Crippen molar-refractivity contribution in [3.63, 3.8) is 0 Å². The van der Waals surface area contributed by atoms with Gasteiger partial charge in [0.1, 0.15) is 11.6 Å². The topological polar surface area (TPSA) is 38.3 Å². The summed E-state index contributed by atoms with van der Waals surface area (Å²) in [6, 6.07) is 7.56. The molecule has 5 heteroatoms. The minimum Gasteiger partial charge on any atom is -0.492 e. The molecule has 1 aromatic heterocycles. The van der Waals surface area contributed by atoms with Crippen molar-refractivity contribution in [2.24, 2.45) is 0 Å². The number of anilines is 1. The molecule has 0 aliphatic carbocycles. The van der Waals surface area contributed by atoms with Crippen LogP contribution >= 0.6 is 11.3 Å². The third kappa shape index (κ3) is 2.87. The minimum absolute atomic E-state index is 0.224. The average Bonchev–Trinajstić information content (AvgIpc) is 2.86. The molecule has 0 spiro atoms. The monoisotopic (exact) mass is 265 g/mol. The predicted molar refractivity (Wildman–Crippen MR) is 69.8 cm³/mol. The number of hydrogen-bond acceptors (Lipinski definition) is 3. The number of amides is 1. The Balaban J connectivity index is 2.20. The zero-order chi connectivity index (χ0) is 13.0. The number of rotatable bonds is 4. The van der Waals surface area contributed by atoms with E-state index in [2.05, 4.69) is 5.32 Å². The highest BCUT2D eigenvalue weighted by molar-refractivity contribution is 7.12. The van der Waals surface area contributed by atoms with E-state index in [1.54, 1.807) is 19.1 Å². The molecule has 0 radical (unpaired) electrons. The first-order valence-electron chi connectivity index (χ1n) is 5.48. The highest BCUT2D eigenvalue weighted by atomic mass is 32.1. The van der Waals surface area contributed by atoms with E-state index in [4.69, 9.17) is 4.74 Å². The Labute approximate surface area is 108 Å². The van der Waals surface area contributed by atoms with E-state index in [0.29, 0.717) is 22.9 Å².